The fourth-order valence-electron chi connectivity index (χ4n) is 1.85. The van der Waals surface area contributed by atoms with Crippen LogP contribution in [-0.4, -0.2) is 21.4 Å². The molecule has 0 saturated carbocycles. The fraction of sp³-hybridized carbons (Fsp3) is 0.429. The van der Waals surface area contributed by atoms with Gasteiger partial charge in [-0.15, -0.1) is 0 Å². The smallest absolute Gasteiger partial charge is 0.416 e. The number of ether oxygens (including phenoxy) is 1. The van der Waals surface area contributed by atoms with E-state index in [1.54, 1.807) is 25.7 Å². The molecule has 0 spiro atoms. The molecule has 0 bridgehead atoms. The number of halogens is 3. The largest absolute Gasteiger partial charge is 0.466 e. The van der Waals surface area contributed by atoms with Crippen molar-refractivity contribution in [2.45, 2.75) is 31.4 Å². The van der Waals surface area contributed by atoms with E-state index in [9.17, 15) is 23.2 Å². The summed E-state index contributed by atoms with van der Waals surface area (Å²) in [6.45, 7) is 5.27. The van der Waals surface area contributed by atoms with E-state index in [4.69, 9.17) is 4.43 Å². The van der Waals surface area contributed by atoms with Crippen molar-refractivity contribution in [2.75, 3.05) is 7.11 Å². The van der Waals surface area contributed by atoms with Crippen LogP contribution in [0.3, 0.4) is 0 Å². The zero-order chi connectivity index (χ0) is 17.2. The van der Waals surface area contributed by atoms with Gasteiger partial charge in [-0.3, -0.25) is 0 Å². The predicted octanol–water partition coefficient (Wildman–Crippen LogP) is 3.45. The first kappa shape index (κ1) is 18.2. The van der Waals surface area contributed by atoms with Gasteiger partial charge in [-0.1, -0.05) is 12.1 Å². The maximum atomic E-state index is 12.6. The Bertz CT molecular complexity index is 587. The van der Waals surface area contributed by atoms with E-state index >= 15 is 0 Å². The molecule has 22 heavy (non-hydrogen) atoms. The third kappa shape index (κ3) is 3.87. The minimum absolute atomic E-state index is 0.0114. The molecule has 8 heteroatoms. The molecule has 0 aliphatic rings. The van der Waals surface area contributed by atoms with E-state index in [2.05, 4.69) is 4.74 Å². The number of carbonyl (C=O) groups excluding carboxylic acids is 1. The minimum Gasteiger partial charge on any atom is -0.466 e. The molecular weight excluding hydrogens is 315 g/mol. The van der Waals surface area contributed by atoms with E-state index in [0.29, 0.717) is 0 Å². The van der Waals surface area contributed by atoms with Crippen molar-refractivity contribution in [3.8, 4) is 6.07 Å². The number of hydrogen-bond acceptors (Lipinski definition) is 4. The van der Waals surface area contributed by atoms with Gasteiger partial charge in [0.05, 0.1) is 12.7 Å². The first-order valence-electron chi connectivity index (χ1n) is 6.34. The second-order valence-corrected chi connectivity index (χ2v) is 10.0. The van der Waals surface area contributed by atoms with Crippen molar-refractivity contribution in [1.29, 1.82) is 5.26 Å². The van der Waals surface area contributed by atoms with Crippen LogP contribution in [0.4, 0.5) is 13.2 Å². The van der Waals surface area contributed by atoms with Crippen molar-refractivity contribution in [1.82, 2.24) is 0 Å². The molecule has 4 nitrogen and oxygen atoms in total. The summed E-state index contributed by atoms with van der Waals surface area (Å²) in [5.74, 6) is -0.961. The maximum absolute atomic E-state index is 12.6. The van der Waals surface area contributed by atoms with Gasteiger partial charge >= 0.3 is 12.1 Å². The molecule has 1 atom stereocenters. The van der Waals surface area contributed by atoms with Gasteiger partial charge in [0.15, 0.2) is 8.32 Å². The van der Waals surface area contributed by atoms with Crippen LogP contribution in [0.5, 0.6) is 0 Å². The van der Waals surface area contributed by atoms with Gasteiger partial charge in [-0.25, -0.2) is 4.79 Å². The van der Waals surface area contributed by atoms with Crippen molar-refractivity contribution in [3.05, 3.63) is 35.4 Å². The second kappa shape index (κ2) is 6.10. The summed E-state index contributed by atoms with van der Waals surface area (Å²) < 4.78 is 48.1. The lowest BCUT2D eigenvalue weighted by Crippen LogP contribution is -2.46. The Balaban J connectivity index is 3.40. The van der Waals surface area contributed by atoms with Gasteiger partial charge in [-0.05, 0) is 31.8 Å². The van der Waals surface area contributed by atoms with Crippen molar-refractivity contribution >= 4 is 14.3 Å². The molecule has 0 fully saturated rings. The monoisotopic (exact) mass is 331 g/mol. The number of methoxy groups -OCH3 is 1. The first-order valence-corrected chi connectivity index (χ1v) is 9.74. The topological polar surface area (TPSA) is 59.3 Å². The van der Waals surface area contributed by atoms with E-state index in [0.717, 1.165) is 31.4 Å². The predicted molar refractivity (Wildman–Crippen MR) is 75.2 cm³/mol. The molecule has 0 heterocycles. The summed E-state index contributed by atoms with van der Waals surface area (Å²) in [7, 11) is -1.28. The Hall–Kier alpha value is -1.85. The normalized spacial score (nSPS) is 14.8. The van der Waals surface area contributed by atoms with Gasteiger partial charge in [0.25, 0.3) is 5.60 Å². The lowest BCUT2D eigenvalue weighted by atomic mass is 9.94. The summed E-state index contributed by atoms with van der Waals surface area (Å²) in [6, 6.07) is 5.48. The molecule has 0 unspecified atom stereocenters. The van der Waals surface area contributed by atoms with Gasteiger partial charge in [0, 0.05) is 5.56 Å². The van der Waals surface area contributed by atoms with Crippen LogP contribution in [0.25, 0.3) is 0 Å². The standard InChI is InChI=1S/C14H16F3NO3Si/c1-20-12(19)13(9-18,21-22(2,3)4)10-5-7-11(8-6-10)14(15,16)17/h5-8H,1-4H3/t13-/m0/s1. The van der Waals surface area contributed by atoms with Gasteiger partial charge in [-0.2, -0.15) is 18.4 Å². The zero-order valence-electron chi connectivity index (χ0n) is 12.6. The highest BCUT2D eigenvalue weighted by Gasteiger charge is 2.47. The third-order valence-corrected chi connectivity index (χ3v) is 3.63. The summed E-state index contributed by atoms with van der Waals surface area (Å²) in [6.07, 6.45) is -4.50. The highest BCUT2D eigenvalue weighted by molar-refractivity contribution is 6.70. The quantitative estimate of drug-likeness (QED) is 0.626. The van der Waals surface area contributed by atoms with E-state index < -0.39 is 31.6 Å². The van der Waals surface area contributed by atoms with Crippen LogP contribution in [-0.2, 0) is 25.7 Å². The van der Waals surface area contributed by atoms with Crippen LogP contribution < -0.4 is 0 Å². The molecule has 0 saturated heterocycles. The molecule has 0 aliphatic heterocycles. The minimum atomic E-state index is -4.50. The molecule has 0 radical (unpaired) electrons. The van der Waals surface area contributed by atoms with Crippen LogP contribution in [0, 0.1) is 11.3 Å². The molecule has 0 N–H and O–H groups in total. The fourth-order valence-corrected chi connectivity index (χ4v) is 3.01. The van der Waals surface area contributed by atoms with E-state index in [1.165, 1.54) is 0 Å². The van der Waals surface area contributed by atoms with Crippen molar-refractivity contribution in [3.63, 3.8) is 0 Å². The average Bonchev–Trinajstić information content (AvgIpc) is 2.42. The lowest BCUT2D eigenvalue weighted by molar-refractivity contribution is -0.155. The highest BCUT2D eigenvalue weighted by Crippen LogP contribution is 2.34. The number of nitriles is 1. The summed E-state index contributed by atoms with van der Waals surface area (Å²) >= 11 is 0. The summed E-state index contributed by atoms with van der Waals surface area (Å²) in [4.78, 5) is 12.1. The molecule has 1 aromatic carbocycles. The number of esters is 1. The molecule has 1 rings (SSSR count). The van der Waals surface area contributed by atoms with Gasteiger partial charge in [0.1, 0.15) is 6.07 Å². The zero-order valence-corrected chi connectivity index (χ0v) is 13.6. The number of hydrogen-bond donors (Lipinski definition) is 0. The number of carbonyl (C=O) groups is 1. The van der Waals surface area contributed by atoms with E-state index in [1.807, 2.05) is 0 Å². The highest BCUT2D eigenvalue weighted by atomic mass is 28.4. The Morgan fingerprint density at radius 1 is 1.14 bits per heavy atom. The van der Waals surface area contributed by atoms with Crippen LogP contribution >= 0.6 is 0 Å². The molecule has 0 aliphatic carbocycles. The molecule has 1 aromatic rings. The van der Waals surface area contributed by atoms with Crippen LogP contribution in [0.2, 0.25) is 19.6 Å². The molecule has 0 aromatic heterocycles. The van der Waals surface area contributed by atoms with Crippen molar-refractivity contribution in [2.24, 2.45) is 0 Å². The molecular formula is C14H16F3NO3Si. The SMILES string of the molecule is COC(=O)[C@@](C#N)(O[Si](C)(C)C)c1ccc(C(F)(F)F)cc1. The third-order valence-electron chi connectivity index (χ3n) is 2.71. The molecule has 0 amide bonds. The summed E-state index contributed by atoms with van der Waals surface area (Å²) in [5.41, 5.74) is -2.93. The van der Waals surface area contributed by atoms with Gasteiger partial charge in [0.2, 0.25) is 0 Å². The Morgan fingerprint density at radius 2 is 1.59 bits per heavy atom. The van der Waals surface area contributed by atoms with Crippen LogP contribution in [0.15, 0.2) is 24.3 Å². The Kier molecular flexibility index (Phi) is 5.05. The summed E-state index contributed by atoms with van der Waals surface area (Å²) in [5, 5.41) is 9.45. The average molecular weight is 331 g/mol. The number of benzene rings is 1. The maximum Gasteiger partial charge on any atom is 0.416 e. The number of nitrogens with zero attached hydrogens (tertiary/aromatic N) is 1. The van der Waals surface area contributed by atoms with E-state index in [-0.39, 0.29) is 5.56 Å². The lowest BCUT2D eigenvalue weighted by Gasteiger charge is -2.31. The Labute approximate surface area is 127 Å². The number of rotatable bonds is 4. The number of alkyl halides is 3. The van der Waals surface area contributed by atoms with Gasteiger partial charge < -0.3 is 9.16 Å². The van der Waals surface area contributed by atoms with Crippen LogP contribution in [0.1, 0.15) is 11.1 Å². The first-order chi connectivity index (χ1) is 9.96. The van der Waals surface area contributed by atoms with Crippen molar-refractivity contribution < 1.29 is 27.1 Å². The molecule has 120 valence electrons. The second-order valence-electron chi connectivity index (χ2n) is 5.57. The Morgan fingerprint density at radius 3 is 1.91 bits per heavy atom.